The monoisotopic (exact) mass is 354 g/mol. The molecule has 1 aliphatic heterocycles. The predicted molar refractivity (Wildman–Crippen MR) is 91.0 cm³/mol. The molecule has 1 heterocycles. The van der Waals surface area contributed by atoms with Crippen molar-refractivity contribution in [1.82, 2.24) is 9.21 Å². The van der Waals surface area contributed by atoms with E-state index in [1.54, 1.807) is 28.6 Å². The lowest BCUT2D eigenvalue weighted by atomic mass is 9.93. The van der Waals surface area contributed by atoms with E-state index in [9.17, 15) is 8.42 Å². The first-order valence-electron chi connectivity index (χ1n) is 8.54. The van der Waals surface area contributed by atoms with Crippen molar-refractivity contribution in [2.75, 3.05) is 26.2 Å². The highest BCUT2D eigenvalue weighted by Crippen LogP contribution is 2.46. The van der Waals surface area contributed by atoms with Crippen LogP contribution in [0, 0.1) is 11.8 Å². The number of piperazine rings is 1. The molecule has 1 aromatic carbocycles. The number of hydrogen-bond acceptors (Lipinski definition) is 3. The van der Waals surface area contributed by atoms with Gasteiger partial charge in [0.05, 0.1) is 4.90 Å². The normalized spacial score (nSPS) is 32.5. The predicted octanol–water partition coefficient (Wildman–Crippen LogP) is 2.83. The number of fused-ring (bicyclic) bond motifs is 2. The molecular formula is C17H23ClN2O2S. The van der Waals surface area contributed by atoms with Crippen LogP contribution in [0.15, 0.2) is 29.2 Å². The zero-order valence-electron chi connectivity index (χ0n) is 13.2. The average molecular weight is 355 g/mol. The molecule has 6 heteroatoms. The summed E-state index contributed by atoms with van der Waals surface area (Å²) in [5.74, 6) is 1.79. The van der Waals surface area contributed by atoms with Crippen LogP contribution >= 0.6 is 11.6 Å². The standard InChI is InChI=1S/C17H23ClN2O2S/c18-15-3-5-16(6-4-15)23(21,22)20-9-7-19(8-10-20)17-12-13-1-2-14(17)11-13/h3-6,13-14,17H,1-2,7-12H2/t13-,14-,17-/m0/s1. The Morgan fingerprint density at radius 2 is 1.65 bits per heavy atom. The lowest BCUT2D eigenvalue weighted by molar-refractivity contribution is 0.101. The maximum atomic E-state index is 12.7. The largest absolute Gasteiger partial charge is 0.297 e. The van der Waals surface area contributed by atoms with E-state index < -0.39 is 10.0 Å². The lowest BCUT2D eigenvalue weighted by Gasteiger charge is -2.40. The summed E-state index contributed by atoms with van der Waals surface area (Å²) in [5.41, 5.74) is 0. The van der Waals surface area contributed by atoms with Gasteiger partial charge in [0.1, 0.15) is 0 Å². The molecule has 2 bridgehead atoms. The highest BCUT2D eigenvalue weighted by molar-refractivity contribution is 7.89. The van der Waals surface area contributed by atoms with E-state index in [0.717, 1.165) is 24.9 Å². The van der Waals surface area contributed by atoms with Gasteiger partial charge in [0, 0.05) is 37.2 Å². The molecule has 2 aliphatic carbocycles. The van der Waals surface area contributed by atoms with Crippen LogP contribution in [0.5, 0.6) is 0 Å². The fourth-order valence-electron chi connectivity index (χ4n) is 4.69. The van der Waals surface area contributed by atoms with Gasteiger partial charge in [-0.05, 0) is 55.4 Å². The number of benzene rings is 1. The molecule has 3 aliphatic rings. The molecule has 0 radical (unpaired) electrons. The minimum absolute atomic E-state index is 0.343. The van der Waals surface area contributed by atoms with Crippen molar-refractivity contribution in [3.8, 4) is 0 Å². The summed E-state index contributed by atoms with van der Waals surface area (Å²) in [6, 6.07) is 7.17. The summed E-state index contributed by atoms with van der Waals surface area (Å²) in [4.78, 5) is 2.88. The zero-order valence-corrected chi connectivity index (χ0v) is 14.8. The SMILES string of the molecule is O=S(=O)(c1ccc(Cl)cc1)N1CCN([C@H]2C[C@H]3CC[C@H]2C3)CC1. The Labute approximate surface area is 143 Å². The molecule has 2 saturated carbocycles. The van der Waals surface area contributed by atoms with Crippen molar-refractivity contribution in [3.05, 3.63) is 29.3 Å². The quantitative estimate of drug-likeness (QED) is 0.838. The van der Waals surface area contributed by atoms with Crippen LogP contribution in [-0.4, -0.2) is 49.8 Å². The summed E-state index contributed by atoms with van der Waals surface area (Å²) in [6.45, 7) is 2.92. The Kier molecular flexibility index (Phi) is 4.16. The van der Waals surface area contributed by atoms with Gasteiger partial charge in [0.15, 0.2) is 0 Å². The van der Waals surface area contributed by atoms with Crippen LogP contribution in [0.4, 0.5) is 0 Å². The Morgan fingerprint density at radius 3 is 2.22 bits per heavy atom. The van der Waals surface area contributed by atoms with Crippen LogP contribution in [0.2, 0.25) is 5.02 Å². The van der Waals surface area contributed by atoms with Crippen LogP contribution in [0.25, 0.3) is 0 Å². The maximum Gasteiger partial charge on any atom is 0.243 e. The molecule has 1 saturated heterocycles. The third-order valence-electron chi connectivity index (χ3n) is 5.89. The van der Waals surface area contributed by atoms with Gasteiger partial charge in [-0.3, -0.25) is 4.90 Å². The molecule has 4 rings (SSSR count). The molecule has 0 unspecified atom stereocenters. The fraction of sp³-hybridized carbons (Fsp3) is 0.647. The molecule has 3 fully saturated rings. The number of nitrogens with zero attached hydrogens (tertiary/aromatic N) is 2. The second-order valence-corrected chi connectivity index (χ2v) is 9.51. The summed E-state index contributed by atoms with van der Waals surface area (Å²) in [6.07, 6.45) is 5.51. The number of halogens is 1. The van der Waals surface area contributed by atoms with Gasteiger partial charge in [-0.1, -0.05) is 18.0 Å². The van der Waals surface area contributed by atoms with Crippen molar-refractivity contribution in [3.63, 3.8) is 0 Å². The highest BCUT2D eigenvalue weighted by atomic mass is 35.5. The lowest BCUT2D eigenvalue weighted by Crippen LogP contribution is -2.53. The minimum Gasteiger partial charge on any atom is -0.297 e. The summed E-state index contributed by atoms with van der Waals surface area (Å²) in [7, 11) is -3.39. The average Bonchev–Trinajstić information content (AvgIpc) is 3.18. The van der Waals surface area contributed by atoms with Crippen LogP contribution < -0.4 is 0 Å². The van der Waals surface area contributed by atoms with Crippen molar-refractivity contribution < 1.29 is 8.42 Å². The van der Waals surface area contributed by atoms with Crippen molar-refractivity contribution in [2.45, 2.75) is 36.6 Å². The molecule has 4 nitrogen and oxygen atoms in total. The molecule has 3 atom stereocenters. The molecular weight excluding hydrogens is 332 g/mol. The topological polar surface area (TPSA) is 40.6 Å². The van der Waals surface area contributed by atoms with Gasteiger partial charge >= 0.3 is 0 Å². The summed E-state index contributed by atoms with van der Waals surface area (Å²) < 4.78 is 27.1. The van der Waals surface area contributed by atoms with Gasteiger partial charge in [-0.2, -0.15) is 4.31 Å². The highest BCUT2D eigenvalue weighted by Gasteiger charge is 2.43. The first kappa shape index (κ1) is 15.9. The van der Waals surface area contributed by atoms with Crippen molar-refractivity contribution in [1.29, 1.82) is 0 Å². The first-order valence-corrected chi connectivity index (χ1v) is 10.4. The number of sulfonamides is 1. The first-order chi connectivity index (χ1) is 11.0. The zero-order chi connectivity index (χ0) is 16.0. The maximum absolute atomic E-state index is 12.7. The molecule has 126 valence electrons. The van der Waals surface area contributed by atoms with E-state index in [1.165, 1.54) is 25.7 Å². The van der Waals surface area contributed by atoms with E-state index in [1.807, 2.05) is 0 Å². The van der Waals surface area contributed by atoms with Crippen LogP contribution in [-0.2, 0) is 10.0 Å². The molecule has 23 heavy (non-hydrogen) atoms. The van der Waals surface area contributed by atoms with Crippen molar-refractivity contribution in [2.24, 2.45) is 11.8 Å². The molecule has 0 N–H and O–H groups in total. The van der Waals surface area contributed by atoms with Gasteiger partial charge < -0.3 is 0 Å². The van der Waals surface area contributed by atoms with E-state index >= 15 is 0 Å². The van der Waals surface area contributed by atoms with E-state index in [0.29, 0.717) is 29.0 Å². The Hall–Kier alpha value is -0.620. The van der Waals surface area contributed by atoms with Crippen LogP contribution in [0.1, 0.15) is 25.7 Å². The van der Waals surface area contributed by atoms with E-state index in [2.05, 4.69) is 4.90 Å². The molecule has 1 aromatic rings. The minimum atomic E-state index is -3.39. The van der Waals surface area contributed by atoms with Gasteiger partial charge in [0.2, 0.25) is 10.0 Å². The molecule has 0 spiro atoms. The number of rotatable bonds is 3. The second kappa shape index (κ2) is 6.03. The van der Waals surface area contributed by atoms with Crippen molar-refractivity contribution >= 4 is 21.6 Å². The molecule has 0 aromatic heterocycles. The summed E-state index contributed by atoms with van der Waals surface area (Å²) >= 11 is 5.86. The fourth-order valence-corrected chi connectivity index (χ4v) is 6.24. The Balaban J connectivity index is 1.42. The molecule has 0 amide bonds. The van der Waals surface area contributed by atoms with Gasteiger partial charge in [-0.25, -0.2) is 8.42 Å². The van der Waals surface area contributed by atoms with Gasteiger partial charge in [-0.15, -0.1) is 0 Å². The third-order valence-corrected chi connectivity index (χ3v) is 8.06. The van der Waals surface area contributed by atoms with Gasteiger partial charge in [0.25, 0.3) is 0 Å². The smallest absolute Gasteiger partial charge is 0.243 e. The second-order valence-electron chi connectivity index (χ2n) is 7.14. The summed E-state index contributed by atoms with van der Waals surface area (Å²) in [5, 5.41) is 0.560. The third kappa shape index (κ3) is 2.93. The van der Waals surface area contributed by atoms with Crippen LogP contribution in [0.3, 0.4) is 0 Å². The number of hydrogen-bond donors (Lipinski definition) is 0. The van der Waals surface area contributed by atoms with E-state index in [-0.39, 0.29) is 0 Å². The van der Waals surface area contributed by atoms with E-state index in [4.69, 9.17) is 11.6 Å². The Bertz CT molecular complexity index is 668. The Morgan fingerprint density at radius 1 is 0.957 bits per heavy atom.